The number of rotatable bonds is 3. The fourth-order valence-electron chi connectivity index (χ4n) is 5.43. The van der Waals surface area contributed by atoms with E-state index in [0.717, 1.165) is 37.7 Å². The summed E-state index contributed by atoms with van der Waals surface area (Å²) in [6, 6.07) is 9.18. The van der Waals surface area contributed by atoms with Gasteiger partial charge < -0.3 is 9.84 Å². The zero-order valence-corrected chi connectivity index (χ0v) is 13.1. The molecule has 4 heteroatoms. The van der Waals surface area contributed by atoms with Gasteiger partial charge in [0, 0.05) is 0 Å². The van der Waals surface area contributed by atoms with Crippen LogP contribution in [0.25, 0.3) is 0 Å². The number of hydrogen-bond donors (Lipinski definition) is 1. The van der Waals surface area contributed by atoms with Gasteiger partial charge in [0.2, 0.25) is 0 Å². The van der Waals surface area contributed by atoms with Crippen molar-refractivity contribution in [1.29, 1.82) is 5.26 Å². The molecule has 0 aliphatic heterocycles. The van der Waals surface area contributed by atoms with Crippen molar-refractivity contribution in [2.45, 2.75) is 50.7 Å². The summed E-state index contributed by atoms with van der Waals surface area (Å²) < 4.78 is 5.60. The van der Waals surface area contributed by atoms with E-state index in [1.165, 1.54) is 0 Å². The van der Waals surface area contributed by atoms with Crippen LogP contribution in [0, 0.1) is 28.6 Å². The molecular formula is C19H21NO3. The Kier molecular flexibility index (Phi) is 3.24. The van der Waals surface area contributed by atoms with Gasteiger partial charge in [0.1, 0.15) is 6.61 Å². The van der Waals surface area contributed by atoms with Gasteiger partial charge in [-0.1, -0.05) is 12.1 Å². The maximum Gasteiger partial charge on any atom is 0.312 e. The highest BCUT2D eigenvalue weighted by Crippen LogP contribution is 2.62. The molecule has 120 valence electrons. The Bertz CT molecular complexity index is 659. The Morgan fingerprint density at radius 3 is 2.43 bits per heavy atom. The molecule has 0 radical (unpaired) electrons. The Labute approximate surface area is 136 Å². The van der Waals surface area contributed by atoms with Gasteiger partial charge in [0.25, 0.3) is 0 Å². The summed E-state index contributed by atoms with van der Waals surface area (Å²) >= 11 is 0. The fraction of sp³-hybridized carbons (Fsp3) is 0.579. The molecule has 5 rings (SSSR count). The molecule has 23 heavy (non-hydrogen) atoms. The minimum absolute atomic E-state index is 0.144. The largest absolute Gasteiger partial charge is 0.460 e. The van der Waals surface area contributed by atoms with Crippen molar-refractivity contribution >= 4 is 5.97 Å². The van der Waals surface area contributed by atoms with Gasteiger partial charge in [-0.15, -0.1) is 0 Å². The second-order valence-electron chi connectivity index (χ2n) is 7.85. The standard InChI is InChI=1S/C19H21NO3/c20-10-13-1-3-14(4-2-13)11-23-17(21)18-6-15-5-16(7-18)9-19(22,8-15)12-18/h1-4,15-16,22H,5-9,11-12H2/t15-,16+,18?,19?. The molecule has 4 bridgehead atoms. The molecule has 0 spiro atoms. The molecule has 0 saturated heterocycles. The van der Waals surface area contributed by atoms with Crippen LogP contribution in [0.5, 0.6) is 0 Å². The van der Waals surface area contributed by atoms with Crippen LogP contribution in [0.4, 0.5) is 0 Å². The monoisotopic (exact) mass is 311 g/mol. The molecule has 4 aliphatic rings. The first-order valence-corrected chi connectivity index (χ1v) is 8.39. The zero-order chi connectivity index (χ0) is 16.1. The number of ether oxygens (including phenoxy) is 1. The van der Waals surface area contributed by atoms with E-state index >= 15 is 0 Å². The quantitative estimate of drug-likeness (QED) is 0.871. The Balaban J connectivity index is 1.45. The number of esters is 1. The van der Waals surface area contributed by atoms with Gasteiger partial charge in [0.05, 0.1) is 22.6 Å². The van der Waals surface area contributed by atoms with Crippen molar-refractivity contribution in [3.05, 3.63) is 35.4 Å². The predicted octanol–water partition coefficient (Wildman–Crippen LogP) is 2.93. The summed E-state index contributed by atoms with van der Waals surface area (Å²) in [6.07, 6.45) is 5.19. The van der Waals surface area contributed by atoms with Crippen LogP contribution in [-0.2, 0) is 16.1 Å². The Morgan fingerprint density at radius 2 is 1.87 bits per heavy atom. The molecule has 2 unspecified atom stereocenters. The van der Waals surface area contributed by atoms with Crippen molar-refractivity contribution < 1.29 is 14.6 Å². The van der Waals surface area contributed by atoms with Gasteiger partial charge in [-0.05, 0) is 68.1 Å². The SMILES string of the molecule is N#Cc1ccc(COC(=O)C23C[C@@H]4C[C@@H](CC(O)(C4)C2)C3)cc1. The van der Waals surface area contributed by atoms with Crippen molar-refractivity contribution in [3.8, 4) is 6.07 Å². The Morgan fingerprint density at radius 1 is 1.22 bits per heavy atom. The summed E-state index contributed by atoms with van der Waals surface area (Å²) in [7, 11) is 0. The van der Waals surface area contributed by atoms with Gasteiger partial charge in [-0.3, -0.25) is 4.79 Å². The van der Waals surface area contributed by atoms with Crippen LogP contribution in [0.15, 0.2) is 24.3 Å². The van der Waals surface area contributed by atoms with Crippen molar-refractivity contribution in [3.63, 3.8) is 0 Å². The number of aliphatic hydroxyl groups is 1. The molecule has 4 atom stereocenters. The van der Waals surface area contributed by atoms with Gasteiger partial charge in [0.15, 0.2) is 0 Å². The number of benzene rings is 1. The Hall–Kier alpha value is -1.86. The molecule has 4 aliphatic carbocycles. The van der Waals surface area contributed by atoms with E-state index < -0.39 is 11.0 Å². The zero-order valence-electron chi connectivity index (χ0n) is 13.1. The number of carbonyl (C=O) groups excluding carboxylic acids is 1. The van der Waals surface area contributed by atoms with Gasteiger partial charge in [-0.2, -0.15) is 5.26 Å². The molecule has 1 aromatic rings. The fourth-order valence-corrected chi connectivity index (χ4v) is 5.43. The highest BCUT2D eigenvalue weighted by atomic mass is 16.5. The first kappa shape index (κ1) is 14.7. The van der Waals surface area contributed by atoms with Crippen molar-refractivity contribution in [1.82, 2.24) is 0 Å². The maximum absolute atomic E-state index is 12.7. The summed E-state index contributed by atoms with van der Waals surface area (Å²) in [4.78, 5) is 12.7. The summed E-state index contributed by atoms with van der Waals surface area (Å²) in [5.74, 6) is 0.807. The lowest BCUT2D eigenvalue weighted by Gasteiger charge is -2.58. The van der Waals surface area contributed by atoms with E-state index in [9.17, 15) is 9.90 Å². The van der Waals surface area contributed by atoms with E-state index in [-0.39, 0.29) is 12.6 Å². The smallest absolute Gasteiger partial charge is 0.312 e. The van der Waals surface area contributed by atoms with E-state index in [1.54, 1.807) is 12.1 Å². The lowest BCUT2D eigenvalue weighted by atomic mass is 9.48. The van der Waals surface area contributed by atoms with Crippen LogP contribution in [0.2, 0.25) is 0 Å². The summed E-state index contributed by atoms with van der Waals surface area (Å²) in [5.41, 5.74) is 0.382. The van der Waals surface area contributed by atoms with Crippen LogP contribution >= 0.6 is 0 Å². The minimum atomic E-state index is -0.641. The van der Waals surface area contributed by atoms with Crippen LogP contribution in [-0.4, -0.2) is 16.7 Å². The van der Waals surface area contributed by atoms with Gasteiger partial charge in [-0.25, -0.2) is 0 Å². The molecule has 4 saturated carbocycles. The highest BCUT2D eigenvalue weighted by Gasteiger charge is 2.60. The lowest BCUT2D eigenvalue weighted by Crippen LogP contribution is -2.58. The third kappa shape index (κ3) is 2.53. The van der Waals surface area contributed by atoms with Crippen molar-refractivity contribution in [2.24, 2.45) is 17.3 Å². The second-order valence-corrected chi connectivity index (χ2v) is 7.85. The predicted molar refractivity (Wildman–Crippen MR) is 83.0 cm³/mol. The average Bonchev–Trinajstić information content (AvgIpc) is 2.50. The van der Waals surface area contributed by atoms with Crippen LogP contribution in [0.3, 0.4) is 0 Å². The third-order valence-corrected chi connectivity index (χ3v) is 5.92. The summed E-state index contributed by atoms with van der Waals surface area (Å²) in [6.45, 7) is 0.236. The number of nitrogens with zero attached hydrogens (tertiary/aromatic N) is 1. The maximum atomic E-state index is 12.7. The molecule has 4 fully saturated rings. The van der Waals surface area contributed by atoms with E-state index in [4.69, 9.17) is 10.00 Å². The molecule has 1 N–H and O–H groups in total. The first-order chi connectivity index (χ1) is 11.0. The normalized spacial score (nSPS) is 37.4. The lowest BCUT2D eigenvalue weighted by molar-refractivity contribution is -0.197. The van der Waals surface area contributed by atoms with Gasteiger partial charge >= 0.3 is 5.97 Å². The topological polar surface area (TPSA) is 70.3 Å². The van der Waals surface area contributed by atoms with Crippen molar-refractivity contribution in [2.75, 3.05) is 0 Å². The van der Waals surface area contributed by atoms with Crippen LogP contribution in [0.1, 0.15) is 49.7 Å². The van der Waals surface area contributed by atoms with Crippen LogP contribution < -0.4 is 0 Å². The highest BCUT2D eigenvalue weighted by molar-refractivity contribution is 5.77. The minimum Gasteiger partial charge on any atom is -0.460 e. The average molecular weight is 311 g/mol. The molecule has 1 aromatic carbocycles. The van der Waals surface area contributed by atoms with E-state index in [2.05, 4.69) is 6.07 Å². The molecule has 0 heterocycles. The molecule has 4 nitrogen and oxygen atoms in total. The summed E-state index contributed by atoms with van der Waals surface area (Å²) in [5, 5.41) is 19.5. The molecular weight excluding hydrogens is 290 g/mol. The molecule has 0 amide bonds. The van der Waals surface area contributed by atoms with E-state index in [1.807, 2.05) is 12.1 Å². The molecule has 0 aromatic heterocycles. The second kappa shape index (κ2) is 5.07. The first-order valence-electron chi connectivity index (χ1n) is 8.39. The number of nitriles is 1. The third-order valence-electron chi connectivity index (χ3n) is 5.92. The number of carbonyl (C=O) groups is 1. The van der Waals surface area contributed by atoms with E-state index in [0.29, 0.717) is 23.8 Å². The number of hydrogen-bond acceptors (Lipinski definition) is 4.